The number of nitro benzene ring substituents is 1. The number of carbonyl (C=O) groups excluding carboxylic acids is 1. The molecule has 0 heterocycles. The van der Waals surface area contributed by atoms with Crippen molar-refractivity contribution in [3.8, 4) is 0 Å². The molecule has 1 N–H and O–H groups in total. The molecule has 17 heavy (non-hydrogen) atoms. The topological polar surface area (TPSA) is 80.4 Å². The highest BCUT2D eigenvalue weighted by molar-refractivity contribution is 5.83. The molecule has 2 rings (SSSR count). The molecular formula is C12H13NO4. The average Bonchev–Trinajstić information content (AvgIpc) is 2.74. The van der Waals surface area contributed by atoms with Crippen LogP contribution in [0.4, 0.5) is 5.69 Å². The number of hydrogen-bond acceptors (Lipinski definition) is 4. The largest absolute Gasteiger partial charge is 0.388 e. The van der Waals surface area contributed by atoms with Gasteiger partial charge in [-0.05, 0) is 30.5 Å². The van der Waals surface area contributed by atoms with Gasteiger partial charge in [0.15, 0.2) is 0 Å². The number of benzene rings is 1. The lowest BCUT2D eigenvalue weighted by atomic mass is 9.93. The number of ketones is 1. The Kier molecular flexibility index (Phi) is 3.19. The Balaban J connectivity index is 2.16. The summed E-state index contributed by atoms with van der Waals surface area (Å²) in [7, 11) is 0. The molecule has 1 aliphatic rings. The molecule has 1 aromatic rings. The molecule has 0 radical (unpaired) electrons. The van der Waals surface area contributed by atoms with Crippen LogP contribution in [0.3, 0.4) is 0 Å². The molecule has 0 aliphatic heterocycles. The van der Waals surface area contributed by atoms with E-state index in [-0.39, 0.29) is 17.4 Å². The van der Waals surface area contributed by atoms with Gasteiger partial charge < -0.3 is 5.11 Å². The van der Waals surface area contributed by atoms with Gasteiger partial charge in [-0.3, -0.25) is 14.9 Å². The fourth-order valence-electron chi connectivity index (χ4n) is 2.20. The first kappa shape index (κ1) is 11.7. The Morgan fingerprint density at radius 1 is 1.35 bits per heavy atom. The smallest absolute Gasteiger partial charge is 0.269 e. The van der Waals surface area contributed by atoms with Crippen LogP contribution < -0.4 is 0 Å². The molecule has 5 nitrogen and oxygen atoms in total. The molecule has 0 spiro atoms. The monoisotopic (exact) mass is 235 g/mol. The number of aliphatic hydroxyl groups is 1. The summed E-state index contributed by atoms with van der Waals surface area (Å²) in [5.41, 5.74) is 0.551. The molecule has 90 valence electrons. The number of Topliss-reactive ketones (excluding diaryl/α,β-unsaturated/α-hetero) is 1. The van der Waals surface area contributed by atoms with Crippen LogP contribution in [0.1, 0.15) is 30.9 Å². The first-order valence-electron chi connectivity index (χ1n) is 5.54. The lowest BCUT2D eigenvalue weighted by Gasteiger charge is -2.16. The van der Waals surface area contributed by atoms with E-state index in [9.17, 15) is 20.0 Å². The van der Waals surface area contributed by atoms with E-state index in [4.69, 9.17) is 0 Å². The highest BCUT2D eigenvalue weighted by atomic mass is 16.6. The number of nitro groups is 1. The van der Waals surface area contributed by atoms with E-state index in [0.717, 1.165) is 6.42 Å². The van der Waals surface area contributed by atoms with Crippen molar-refractivity contribution in [3.05, 3.63) is 39.9 Å². The van der Waals surface area contributed by atoms with Gasteiger partial charge in [-0.2, -0.15) is 0 Å². The molecule has 0 saturated heterocycles. The molecule has 0 unspecified atom stereocenters. The minimum Gasteiger partial charge on any atom is -0.388 e. The number of non-ortho nitro benzene ring substituents is 1. The fourth-order valence-corrected chi connectivity index (χ4v) is 2.20. The van der Waals surface area contributed by atoms with Gasteiger partial charge in [0.2, 0.25) is 0 Å². The highest BCUT2D eigenvalue weighted by Crippen LogP contribution is 2.33. The lowest BCUT2D eigenvalue weighted by molar-refractivity contribution is -0.384. The second-order valence-electron chi connectivity index (χ2n) is 4.26. The Bertz CT molecular complexity index is 440. The van der Waals surface area contributed by atoms with E-state index in [1.165, 1.54) is 24.3 Å². The summed E-state index contributed by atoms with van der Waals surface area (Å²) in [6.07, 6.45) is 1.19. The van der Waals surface area contributed by atoms with Crippen LogP contribution in [-0.2, 0) is 4.79 Å². The predicted octanol–water partition coefficient (Wildman–Crippen LogP) is 2.00. The number of aliphatic hydroxyl groups excluding tert-OH is 1. The second kappa shape index (κ2) is 4.63. The van der Waals surface area contributed by atoms with Crippen LogP contribution >= 0.6 is 0 Å². The van der Waals surface area contributed by atoms with Gasteiger partial charge >= 0.3 is 0 Å². The summed E-state index contributed by atoms with van der Waals surface area (Å²) in [6, 6.07) is 5.71. The van der Waals surface area contributed by atoms with Gasteiger partial charge in [0.1, 0.15) is 5.78 Å². The summed E-state index contributed by atoms with van der Waals surface area (Å²) in [4.78, 5) is 21.5. The maximum absolute atomic E-state index is 11.5. The highest BCUT2D eigenvalue weighted by Gasteiger charge is 2.31. The van der Waals surface area contributed by atoms with Crippen LogP contribution in [0.5, 0.6) is 0 Å². The van der Waals surface area contributed by atoms with Gasteiger partial charge in [-0.25, -0.2) is 0 Å². The summed E-state index contributed by atoms with van der Waals surface area (Å²) in [6.45, 7) is 0. The molecule has 0 aromatic heterocycles. The van der Waals surface area contributed by atoms with E-state index in [1.807, 2.05) is 0 Å². The molecule has 0 amide bonds. The normalized spacial score (nSPS) is 21.5. The average molecular weight is 235 g/mol. The van der Waals surface area contributed by atoms with Crippen molar-refractivity contribution in [3.63, 3.8) is 0 Å². The zero-order valence-corrected chi connectivity index (χ0v) is 9.20. The van der Waals surface area contributed by atoms with Crippen LogP contribution in [0.15, 0.2) is 24.3 Å². The van der Waals surface area contributed by atoms with Crippen molar-refractivity contribution in [2.24, 2.45) is 5.92 Å². The SMILES string of the molecule is O=C1CCC[C@H]1[C@H](O)c1ccc([N+](=O)[O-])cc1. The van der Waals surface area contributed by atoms with E-state index in [0.29, 0.717) is 18.4 Å². The summed E-state index contributed by atoms with van der Waals surface area (Å²) in [5.74, 6) is -0.271. The summed E-state index contributed by atoms with van der Waals surface area (Å²) >= 11 is 0. The molecule has 1 aliphatic carbocycles. The van der Waals surface area contributed by atoms with Crippen molar-refractivity contribution in [1.82, 2.24) is 0 Å². The van der Waals surface area contributed by atoms with E-state index < -0.39 is 11.0 Å². The van der Waals surface area contributed by atoms with E-state index >= 15 is 0 Å². The molecule has 1 fully saturated rings. The first-order valence-corrected chi connectivity index (χ1v) is 5.54. The van der Waals surface area contributed by atoms with Crippen LogP contribution in [0, 0.1) is 16.0 Å². The maximum atomic E-state index is 11.5. The number of nitrogens with zero attached hydrogens (tertiary/aromatic N) is 1. The molecular weight excluding hydrogens is 222 g/mol. The van der Waals surface area contributed by atoms with Gasteiger partial charge in [0, 0.05) is 24.5 Å². The van der Waals surface area contributed by atoms with E-state index in [1.54, 1.807) is 0 Å². The molecule has 0 bridgehead atoms. The van der Waals surface area contributed by atoms with Gasteiger partial charge in [0.05, 0.1) is 11.0 Å². The van der Waals surface area contributed by atoms with Gasteiger partial charge in [-0.1, -0.05) is 0 Å². The van der Waals surface area contributed by atoms with Crippen molar-refractivity contribution in [1.29, 1.82) is 0 Å². The van der Waals surface area contributed by atoms with Crippen LogP contribution in [0.25, 0.3) is 0 Å². The van der Waals surface area contributed by atoms with Crippen LogP contribution in [-0.4, -0.2) is 15.8 Å². The Morgan fingerprint density at radius 3 is 2.47 bits per heavy atom. The van der Waals surface area contributed by atoms with Gasteiger partial charge in [0.25, 0.3) is 5.69 Å². The molecule has 1 aromatic carbocycles. The number of carbonyl (C=O) groups is 1. The molecule has 1 saturated carbocycles. The van der Waals surface area contributed by atoms with Crippen molar-refractivity contribution >= 4 is 11.5 Å². The Hall–Kier alpha value is -1.75. The summed E-state index contributed by atoms with van der Waals surface area (Å²) < 4.78 is 0. The minimum absolute atomic E-state index is 0.0151. The van der Waals surface area contributed by atoms with Crippen molar-refractivity contribution < 1.29 is 14.8 Å². The number of hydrogen-bond donors (Lipinski definition) is 1. The van der Waals surface area contributed by atoms with Crippen LogP contribution in [0.2, 0.25) is 0 Å². The maximum Gasteiger partial charge on any atom is 0.269 e. The Morgan fingerprint density at radius 2 is 2.00 bits per heavy atom. The third-order valence-corrected chi connectivity index (χ3v) is 3.18. The standard InChI is InChI=1S/C12H13NO4/c14-11-3-1-2-10(11)12(15)8-4-6-9(7-5-8)13(16)17/h4-7,10,12,15H,1-3H2/t10-,12-/m1/s1. The Labute approximate surface area is 98.2 Å². The fraction of sp³-hybridized carbons (Fsp3) is 0.417. The second-order valence-corrected chi connectivity index (χ2v) is 4.26. The van der Waals surface area contributed by atoms with Crippen molar-refractivity contribution in [2.45, 2.75) is 25.4 Å². The zero-order chi connectivity index (χ0) is 12.4. The third-order valence-electron chi connectivity index (χ3n) is 3.18. The third kappa shape index (κ3) is 2.34. The lowest BCUT2D eigenvalue weighted by Crippen LogP contribution is -2.16. The number of rotatable bonds is 3. The van der Waals surface area contributed by atoms with E-state index in [2.05, 4.69) is 0 Å². The van der Waals surface area contributed by atoms with Gasteiger partial charge in [-0.15, -0.1) is 0 Å². The molecule has 2 atom stereocenters. The minimum atomic E-state index is -0.842. The van der Waals surface area contributed by atoms with Crippen molar-refractivity contribution in [2.75, 3.05) is 0 Å². The quantitative estimate of drug-likeness (QED) is 0.641. The summed E-state index contributed by atoms with van der Waals surface area (Å²) in [5, 5.41) is 20.5. The zero-order valence-electron chi connectivity index (χ0n) is 9.20. The predicted molar refractivity (Wildman–Crippen MR) is 60.4 cm³/mol. The first-order chi connectivity index (χ1) is 8.09. The molecule has 5 heteroatoms.